The van der Waals surface area contributed by atoms with E-state index in [4.69, 9.17) is 0 Å². The summed E-state index contributed by atoms with van der Waals surface area (Å²) in [6, 6.07) is 38.3. The van der Waals surface area contributed by atoms with Crippen molar-refractivity contribution in [1.29, 1.82) is 0 Å². The molecule has 0 aliphatic heterocycles. The molecule has 72 heavy (non-hydrogen) atoms. The molecule has 4 atom stereocenters. The molecule has 8 nitrogen and oxygen atoms in total. The Morgan fingerprint density at radius 2 is 0.986 bits per heavy atom. The van der Waals surface area contributed by atoms with Crippen molar-refractivity contribution in [2.24, 2.45) is 5.92 Å². The molecule has 7 aromatic rings. The predicted octanol–water partition coefficient (Wildman–Crippen LogP) is 11.8. The number of hydrogen-bond acceptors (Lipinski definition) is 6. The van der Waals surface area contributed by atoms with Crippen LogP contribution in [0.3, 0.4) is 0 Å². The van der Waals surface area contributed by atoms with Gasteiger partial charge in [0, 0.05) is 48.7 Å². The number of hydrogen-bond donors (Lipinski definition) is 3. The maximum absolute atomic E-state index is 14.1. The summed E-state index contributed by atoms with van der Waals surface area (Å²) in [5.41, 5.74) is 7.64. The lowest BCUT2D eigenvalue weighted by atomic mass is 9.93. The first kappa shape index (κ1) is 54.3. The zero-order valence-electron chi connectivity index (χ0n) is 41.4. The van der Waals surface area contributed by atoms with E-state index in [1.165, 1.54) is 35.4 Å². The Balaban J connectivity index is 0.000000266. The van der Waals surface area contributed by atoms with E-state index in [0.717, 1.165) is 67.3 Å². The molecule has 0 radical (unpaired) electrons. The Morgan fingerprint density at radius 1 is 0.542 bits per heavy atom. The zero-order valence-corrected chi connectivity index (χ0v) is 41.4. The zero-order chi connectivity index (χ0) is 51.6. The number of benzene rings is 5. The summed E-state index contributed by atoms with van der Waals surface area (Å²) >= 11 is 0. The lowest BCUT2D eigenvalue weighted by molar-refractivity contribution is 0.0755. The van der Waals surface area contributed by atoms with Gasteiger partial charge in [-0.2, -0.15) is 0 Å². The second-order valence-electron chi connectivity index (χ2n) is 18.4. The molecule has 12 heteroatoms. The van der Waals surface area contributed by atoms with E-state index in [0.29, 0.717) is 42.0 Å². The van der Waals surface area contributed by atoms with Crippen LogP contribution in [0.1, 0.15) is 117 Å². The molecule has 0 bridgehead atoms. The Morgan fingerprint density at radius 3 is 1.44 bits per heavy atom. The molecule has 2 heterocycles. The van der Waals surface area contributed by atoms with E-state index in [-0.39, 0.29) is 29.4 Å². The number of rotatable bonds is 21. The van der Waals surface area contributed by atoms with Crippen LogP contribution in [0.5, 0.6) is 0 Å². The Bertz CT molecular complexity index is 2770. The number of amides is 2. The molecule has 0 aliphatic carbocycles. The Kier molecular flexibility index (Phi) is 20.4. The van der Waals surface area contributed by atoms with Crippen molar-refractivity contribution in [2.75, 3.05) is 13.1 Å². The van der Waals surface area contributed by atoms with Crippen LogP contribution >= 0.6 is 0 Å². The van der Waals surface area contributed by atoms with Gasteiger partial charge in [0.1, 0.15) is 29.4 Å². The van der Waals surface area contributed by atoms with Gasteiger partial charge < -0.3 is 20.4 Å². The maximum atomic E-state index is 14.1. The van der Waals surface area contributed by atoms with Gasteiger partial charge in [-0.25, -0.2) is 17.6 Å². The summed E-state index contributed by atoms with van der Waals surface area (Å²) in [5.74, 6) is -3.61. The van der Waals surface area contributed by atoms with E-state index >= 15 is 0 Å². The van der Waals surface area contributed by atoms with Gasteiger partial charge in [-0.1, -0.05) is 93.6 Å². The number of nitrogens with zero attached hydrogens (tertiary/aromatic N) is 3. The van der Waals surface area contributed by atoms with E-state index in [1.54, 1.807) is 41.6 Å². The van der Waals surface area contributed by atoms with Crippen molar-refractivity contribution in [1.82, 2.24) is 20.2 Å². The standard InChI is InChI=1S/C37H41F2N3O3.C23H23F2NO/c1-4-15-42(16-5-2)37(45)30-18-25(3)17-29(22-30)36(44)41-34(21-28-19-31(38)23-32(39)20-28)35(43)33-14-13-27(24-40-33)12-11-26-9-7-6-8-10-26;1-16(11-19-12-20(24)14-21(25)13-19)23(27)22-10-9-18(15-26-22)8-7-17-5-3-2-4-6-17/h6-10,13-14,17-20,22-24,34-35,43H,4-5,11-12,15-16,21H2,1-3H3,(H,41,44);2-6,9-10,12-16,23,27H,7-8,11H2,1H3/t34-,35?;16-,23?/m00/s1. The number of aromatic nitrogens is 2. The first-order chi connectivity index (χ1) is 34.7. The molecule has 0 fully saturated rings. The highest BCUT2D eigenvalue weighted by Gasteiger charge is 2.27. The van der Waals surface area contributed by atoms with Crippen molar-refractivity contribution >= 4 is 11.8 Å². The molecule has 0 aliphatic rings. The quantitative estimate of drug-likeness (QED) is 0.0618. The first-order valence-electron chi connectivity index (χ1n) is 24.6. The van der Waals surface area contributed by atoms with E-state index in [9.17, 15) is 37.4 Å². The lowest BCUT2D eigenvalue weighted by Gasteiger charge is -2.25. The molecule has 2 unspecified atom stereocenters. The summed E-state index contributed by atoms with van der Waals surface area (Å²) < 4.78 is 54.8. The van der Waals surface area contributed by atoms with Crippen LogP contribution in [0.25, 0.3) is 0 Å². The van der Waals surface area contributed by atoms with Crippen molar-refractivity contribution < 1.29 is 37.4 Å². The third kappa shape index (κ3) is 16.5. The number of aliphatic hydroxyl groups excluding tert-OH is 2. The summed E-state index contributed by atoms with van der Waals surface area (Å²) in [6.45, 7) is 8.89. The highest BCUT2D eigenvalue weighted by atomic mass is 19.1. The highest BCUT2D eigenvalue weighted by molar-refractivity contribution is 6.00. The number of pyridine rings is 2. The summed E-state index contributed by atoms with van der Waals surface area (Å²) in [6.07, 6.45) is 6.76. The summed E-state index contributed by atoms with van der Waals surface area (Å²) in [5, 5.41) is 24.8. The smallest absolute Gasteiger partial charge is 0.253 e. The van der Waals surface area contributed by atoms with Crippen molar-refractivity contribution in [3.63, 3.8) is 0 Å². The average molecular weight is 981 g/mol. The number of carbonyl (C=O) groups excluding carboxylic acids is 2. The fourth-order valence-electron chi connectivity index (χ4n) is 8.65. The largest absolute Gasteiger partial charge is 0.387 e. The molecule has 0 spiro atoms. The van der Waals surface area contributed by atoms with Crippen molar-refractivity contribution in [2.45, 2.75) is 97.3 Å². The van der Waals surface area contributed by atoms with Crippen LogP contribution in [0.15, 0.2) is 152 Å². The second kappa shape index (κ2) is 27.0. The number of halogens is 4. The average Bonchev–Trinajstić information content (AvgIpc) is 3.37. The van der Waals surface area contributed by atoms with Gasteiger partial charge in [0.15, 0.2) is 0 Å². The molecular formula is C60H64F4N4O4. The molecule has 2 amide bonds. The number of nitrogens with one attached hydrogen (secondary N) is 1. The van der Waals surface area contributed by atoms with Gasteiger partial charge >= 0.3 is 0 Å². The topological polar surface area (TPSA) is 116 Å². The minimum atomic E-state index is -1.28. The highest BCUT2D eigenvalue weighted by Crippen LogP contribution is 2.26. The molecular weight excluding hydrogens is 917 g/mol. The molecule has 7 rings (SSSR count). The molecule has 3 N–H and O–H groups in total. The number of aryl methyl sites for hydroxylation is 5. The van der Waals surface area contributed by atoms with Crippen LogP contribution in [0.2, 0.25) is 0 Å². The molecule has 0 saturated carbocycles. The van der Waals surface area contributed by atoms with Crippen LogP contribution in [-0.2, 0) is 38.5 Å². The monoisotopic (exact) mass is 980 g/mol. The Labute approximate surface area is 420 Å². The fraction of sp³-hybridized carbons (Fsp3) is 0.300. The molecule has 5 aromatic carbocycles. The Hall–Kier alpha value is -7.02. The number of aliphatic hydroxyl groups is 2. The number of carbonyl (C=O) groups is 2. The SMILES string of the molecule is CCCN(CCC)C(=O)c1cc(C)cc(C(=O)N[C@@H](Cc2cc(F)cc(F)c2)C(O)c2ccc(CCc3ccccc3)cn2)c1.C[C@@H](Cc1cc(F)cc(F)c1)C(O)c1ccc(CCc2ccccc2)cn1. The third-order valence-electron chi connectivity index (χ3n) is 12.3. The van der Waals surface area contributed by atoms with Gasteiger partial charge in [-0.3, -0.25) is 19.6 Å². The van der Waals surface area contributed by atoms with Gasteiger partial charge in [-0.05, 0) is 158 Å². The van der Waals surface area contributed by atoms with Crippen molar-refractivity contribution in [3.05, 3.63) is 237 Å². The van der Waals surface area contributed by atoms with E-state index in [1.807, 2.05) is 82.3 Å². The van der Waals surface area contributed by atoms with E-state index < -0.39 is 47.4 Å². The van der Waals surface area contributed by atoms with Crippen LogP contribution in [-0.4, -0.2) is 56.0 Å². The molecule has 2 aromatic heterocycles. The summed E-state index contributed by atoms with van der Waals surface area (Å²) in [7, 11) is 0. The first-order valence-corrected chi connectivity index (χ1v) is 24.6. The lowest BCUT2D eigenvalue weighted by Crippen LogP contribution is -2.41. The predicted molar refractivity (Wildman–Crippen MR) is 274 cm³/mol. The third-order valence-corrected chi connectivity index (χ3v) is 12.3. The maximum Gasteiger partial charge on any atom is 0.253 e. The second-order valence-corrected chi connectivity index (χ2v) is 18.4. The van der Waals surface area contributed by atoms with Gasteiger partial charge in [0.25, 0.3) is 11.8 Å². The van der Waals surface area contributed by atoms with Crippen molar-refractivity contribution in [3.8, 4) is 0 Å². The van der Waals surface area contributed by atoms with Gasteiger partial charge in [-0.15, -0.1) is 0 Å². The van der Waals surface area contributed by atoms with Crippen LogP contribution in [0, 0.1) is 36.1 Å². The summed E-state index contributed by atoms with van der Waals surface area (Å²) in [4.78, 5) is 37.6. The molecule has 0 saturated heterocycles. The van der Waals surface area contributed by atoms with E-state index in [2.05, 4.69) is 39.6 Å². The minimum Gasteiger partial charge on any atom is -0.387 e. The van der Waals surface area contributed by atoms with Gasteiger partial charge in [0.05, 0.1) is 23.5 Å². The van der Waals surface area contributed by atoms with Crippen LogP contribution < -0.4 is 5.32 Å². The fourth-order valence-corrected chi connectivity index (χ4v) is 8.65. The van der Waals surface area contributed by atoms with Gasteiger partial charge in [0.2, 0.25) is 0 Å². The van der Waals surface area contributed by atoms with Crippen LogP contribution in [0.4, 0.5) is 17.6 Å². The minimum absolute atomic E-state index is 0.0581. The normalized spacial score (nSPS) is 12.8. The molecule has 376 valence electrons.